The van der Waals surface area contributed by atoms with E-state index in [1.807, 2.05) is 6.07 Å². The van der Waals surface area contributed by atoms with Crippen molar-refractivity contribution in [2.45, 2.75) is 32.1 Å². The molecule has 90 valence electrons. The zero-order valence-corrected chi connectivity index (χ0v) is 11.3. The maximum atomic E-state index is 12.0. The fraction of sp³-hybridized carbons (Fsp3) is 0.500. The number of hydrogen-bond acceptors (Lipinski definition) is 2. The summed E-state index contributed by atoms with van der Waals surface area (Å²) in [6.45, 7) is 0.746. The highest BCUT2D eigenvalue weighted by Gasteiger charge is 2.27. The van der Waals surface area contributed by atoms with Crippen LogP contribution >= 0.6 is 15.9 Å². The first kappa shape index (κ1) is 11.3. The number of carbonyl (C=O) groups excluding carboxylic acids is 1. The average Bonchev–Trinajstić information content (AvgIpc) is 2.62. The molecule has 0 N–H and O–H groups in total. The molecule has 0 spiro atoms. The van der Waals surface area contributed by atoms with Gasteiger partial charge in [-0.25, -0.2) is 0 Å². The van der Waals surface area contributed by atoms with E-state index in [1.54, 1.807) is 0 Å². The van der Waals surface area contributed by atoms with Gasteiger partial charge in [-0.3, -0.25) is 4.79 Å². The van der Waals surface area contributed by atoms with Gasteiger partial charge in [0.15, 0.2) is 0 Å². The molecule has 0 unspecified atom stereocenters. The van der Waals surface area contributed by atoms with E-state index in [4.69, 9.17) is 4.74 Å². The minimum absolute atomic E-state index is 0.311. The Bertz CT molecular complexity index is 464. The summed E-state index contributed by atoms with van der Waals surface area (Å²) in [4.78, 5) is 12.0. The lowest BCUT2D eigenvalue weighted by Crippen LogP contribution is -2.23. The standard InChI is InChI=1S/C14H15BrO2/c15-12-6-10-4-5-17-14(10)11(7-12)8-13(16)9-2-1-3-9/h6-7,9H,1-5,8H2. The second-order valence-electron chi connectivity index (χ2n) is 4.92. The average molecular weight is 295 g/mol. The lowest BCUT2D eigenvalue weighted by Gasteiger charge is -2.24. The first-order chi connectivity index (χ1) is 8.24. The van der Waals surface area contributed by atoms with E-state index in [-0.39, 0.29) is 0 Å². The lowest BCUT2D eigenvalue weighted by molar-refractivity contribution is -0.124. The first-order valence-corrected chi connectivity index (χ1v) is 7.00. The number of rotatable bonds is 3. The smallest absolute Gasteiger partial charge is 0.140 e. The molecule has 1 fully saturated rings. The number of fused-ring (bicyclic) bond motifs is 1. The topological polar surface area (TPSA) is 26.3 Å². The summed E-state index contributed by atoms with van der Waals surface area (Å²) in [5.41, 5.74) is 2.29. The Morgan fingerprint density at radius 1 is 1.41 bits per heavy atom. The quantitative estimate of drug-likeness (QED) is 0.855. The van der Waals surface area contributed by atoms with Gasteiger partial charge in [-0.05, 0) is 30.5 Å². The molecule has 1 aliphatic heterocycles. The van der Waals surface area contributed by atoms with Crippen LogP contribution in [0, 0.1) is 5.92 Å². The van der Waals surface area contributed by atoms with E-state index >= 15 is 0 Å². The molecule has 1 aliphatic carbocycles. The Labute approximate surface area is 109 Å². The fourth-order valence-corrected chi connectivity index (χ4v) is 3.09. The Balaban J connectivity index is 1.84. The van der Waals surface area contributed by atoms with Crippen molar-refractivity contribution in [3.63, 3.8) is 0 Å². The predicted molar refractivity (Wildman–Crippen MR) is 69.4 cm³/mol. The van der Waals surface area contributed by atoms with Crippen molar-refractivity contribution < 1.29 is 9.53 Å². The number of Topliss-reactive ketones (excluding diaryl/α,β-unsaturated/α-hetero) is 1. The second kappa shape index (κ2) is 4.45. The molecule has 0 amide bonds. The molecule has 1 aromatic rings. The molecule has 0 saturated heterocycles. The van der Waals surface area contributed by atoms with Gasteiger partial charge in [0.05, 0.1) is 6.61 Å². The molecule has 1 saturated carbocycles. The summed E-state index contributed by atoms with van der Waals surface area (Å²) in [6, 6.07) is 4.13. The van der Waals surface area contributed by atoms with Crippen molar-refractivity contribution in [2.75, 3.05) is 6.61 Å². The van der Waals surface area contributed by atoms with Crippen LogP contribution in [0.3, 0.4) is 0 Å². The van der Waals surface area contributed by atoms with Crippen molar-refractivity contribution in [3.05, 3.63) is 27.7 Å². The van der Waals surface area contributed by atoms with E-state index in [0.717, 1.165) is 41.7 Å². The van der Waals surface area contributed by atoms with Crippen molar-refractivity contribution in [1.82, 2.24) is 0 Å². The highest BCUT2D eigenvalue weighted by Crippen LogP contribution is 2.35. The Morgan fingerprint density at radius 2 is 2.24 bits per heavy atom. The van der Waals surface area contributed by atoms with Gasteiger partial charge in [0, 0.05) is 28.8 Å². The molecule has 2 nitrogen and oxygen atoms in total. The monoisotopic (exact) mass is 294 g/mol. The third kappa shape index (κ3) is 2.13. The van der Waals surface area contributed by atoms with Gasteiger partial charge >= 0.3 is 0 Å². The van der Waals surface area contributed by atoms with Crippen LogP contribution in [0.4, 0.5) is 0 Å². The summed E-state index contributed by atoms with van der Waals surface area (Å²) in [7, 11) is 0. The Morgan fingerprint density at radius 3 is 2.94 bits per heavy atom. The van der Waals surface area contributed by atoms with Gasteiger partial charge in [-0.15, -0.1) is 0 Å². The predicted octanol–water partition coefficient (Wildman–Crippen LogP) is 3.30. The summed E-state index contributed by atoms with van der Waals surface area (Å²) in [6.07, 6.45) is 4.86. The minimum Gasteiger partial charge on any atom is -0.493 e. The Kier molecular flexibility index (Phi) is 2.95. The molecule has 1 aromatic carbocycles. The van der Waals surface area contributed by atoms with E-state index in [9.17, 15) is 4.79 Å². The molecule has 3 rings (SSSR count). The van der Waals surface area contributed by atoms with Gasteiger partial charge < -0.3 is 4.74 Å². The lowest BCUT2D eigenvalue weighted by atomic mass is 9.80. The van der Waals surface area contributed by atoms with Crippen LogP contribution in [0.5, 0.6) is 5.75 Å². The third-order valence-corrected chi connectivity index (χ3v) is 4.21. The van der Waals surface area contributed by atoms with Crippen LogP contribution < -0.4 is 4.74 Å². The highest BCUT2D eigenvalue weighted by molar-refractivity contribution is 9.10. The normalized spacial score (nSPS) is 18.4. The molecule has 0 aromatic heterocycles. The SMILES string of the molecule is O=C(Cc1cc(Br)cc2c1OCC2)C1CCC1. The van der Waals surface area contributed by atoms with Gasteiger partial charge in [0.25, 0.3) is 0 Å². The molecule has 0 radical (unpaired) electrons. The molecule has 0 bridgehead atoms. The largest absolute Gasteiger partial charge is 0.493 e. The third-order valence-electron chi connectivity index (χ3n) is 3.75. The summed E-state index contributed by atoms with van der Waals surface area (Å²) < 4.78 is 6.70. The van der Waals surface area contributed by atoms with Gasteiger partial charge in [0.2, 0.25) is 0 Å². The zero-order valence-electron chi connectivity index (χ0n) is 9.67. The summed E-state index contributed by atoms with van der Waals surface area (Å²) in [5, 5.41) is 0. The molecule has 17 heavy (non-hydrogen) atoms. The minimum atomic E-state index is 0.311. The van der Waals surface area contributed by atoms with E-state index in [0.29, 0.717) is 18.1 Å². The highest BCUT2D eigenvalue weighted by atomic mass is 79.9. The summed E-state index contributed by atoms with van der Waals surface area (Å²) >= 11 is 3.51. The molecular formula is C14H15BrO2. The molecule has 0 atom stereocenters. The Hall–Kier alpha value is -0.830. The van der Waals surface area contributed by atoms with Crippen LogP contribution in [0.25, 0.3) is 0 Å². The second-order valence-corrected chi connectivity index (χ2v) is 5.84. The van der Waals surface area contributed by atoms with Crippen LogP contribution in [-0.2, 0) is 17.6 Å². The van der Waals surface area contributed by atoms with E-state index < -0.39 is 0 Å². The zero-order chi connectivity index (χ0) is 11.8. The molecule has 3 heteroatoms. The number of benzene rings is 1. The number of hydrogen-bond donors (Lipinski definition) is 0. The van der Waals surface area contributed by atoms with Crippen LogP contribution in [0.15, 0.2) is 16.6 Å². The number of ketones is 1. The summed E-state index contributed by atoms with van der Waals surface area (Å²) in [5.74, 6) is 1.65. The van der Waals surface area contributed by atoms with Crippen LogP contribution in [0.1, 0.15) is 30.4 Å². The van der Waals surface area contributed by atoms with Gasteiger partial charge in [0.1, 0.15) is 11.5 Å². The van der Waals surface area contributed by atoms with Gasteiger partial charge in [-0.2, -0.15) is 0 Å². The number of ether oxygens (including phenoxy) is 1. The number of halogens is 1. The fourth-order valence-electron chi connectivity index (χ4n) is 2.54. The maximum absolute atomic E-state index is 12.0. The molecular weight excluding hydrogens is 280 g/mol. The van der Waals surface area contributed by atoms with Crippen molar-refractivity contribution in [1.29, 1.82) is 0 Å². The van der Waals surface area contributed by atoms with E-state index in [1.165, 1.54) is 12.0 Å². The van der Waals surface area contributed by atoms with Crippen LogP contribution in [0.2, 0.25) is 0 Å². The van der Waals surface area contributed by atoms with Crippen molar-refractivity contribution in [3.8, 4) is 5.75 Å². The van der Waals surface area contributed by atoms with Crippen molar-refractivity contribution >= 4 is 21.7 Å². The number of carbonyl (C=O) groups is 1. The maximum Gasteiger partial charge on any atom is 0.140 e. The first-order valence-electron chi connectivity index (χ1n) is 6.21. The van der Waals surface area contributed by atoms with Crippen molar-refractivity contribution in [2.24, 2.45) is 5.92 Å². The van der Waals surface area contributed by atoms with Gasteiger partial charge in [-0.1, -0.05) is 22.4 Å². The molecule has 1 heterocycles. The van der Waals surface area contributed by atoms with Crippen LogP contribution in [-0.4, -0.2) is 12.4 Å². The molecule has 2 aliphatic rings. The van der Waals surface area contributed by atoms with E-state index in [2.05, 4.69) is 22.0 Å².